The third kappa shape index (κ3) is 16.7. The summed E-state index contributed by atoms with van der Waals surface area (Å²) in [6.07, 6.45) is 12.2. The minimum absolute atomic E-state index is 0.235. The number of nitrogens with zero attached hydrogens (tertiary/aromatic N) is 3. The van der Waals surface area contributed by atoms with E-state index in [2.05, 4.69) is 63.4 Å². The lowest BCUT2D eigenvalue weighted by Gasteiger charge is -2.31. The molecule has 0 aromatic rings. The molecule has 0 aromatic heterocycles. The van der Waals surface area contributed by atoms with Gasteiger partial charge in [0.2, 0.25) is 0 Å². The van der Waals surface area contributed by atoms with E-state index < -0.39 is 0 Å². The van der Waals surface area contributed by atoms with E-state index in [4.69, 9.17) is 14.2 Å². The van der Waals surface area contributed by atoms with Gasteiger partial charge in [0, 0.05) is 41.1 Å². The van der Waals surface area contributed by atoms with Crippen LogP contribution in [0.3, 0.4) is 0 Å². The van der Waals surface area contributed by atoms with Gasteiger partial charge in [-0.2, -0.15) is 0 Å². The first kappa shape index (κ1) is 34.1. The van der Waals surface area contributed by atoms with Crippen LogP contribution in [0, 0.1) is 23.2 Å². The largest absolute Gasteiger partial charge is 0.377 e. The third-order valence-electron chi connectivity index (χ3n) is 6.27. The van der Waals surface area contributed by atoms with Crippen molar-refractivity contribution in [2.45, 2.75) is 75.7 Å². The van der Waals surface area contributed by atoms with Crippen molar-refractivity contribution >= 4 is 17.1 Å². The van der Waals surface area contributed by atoms with Crippen LogP contribution < -0.4 is 0 Å². The highest BCUT2D eigenvalue weighted by Gasteiger charge is 2.29. The molecule has 0 rings (SSSR count). The second kappa shape index (κ2) is 20.2. The van der Waals surface area contributed by atoms with Crippen molar-refractivity contribution < 1.29 is 14.2 Å². The highest BCUT2D eigenvalue weighted by Crippen LogP contribution is 2.24. The summed E-state index contributed by atoms with van der Waals surface area (Å²) in [5, 5.41) is 0. The van der Waals surface area contributed by atoms with Crippen LogP contribution in [-0.2, 0) is 14.2 Å². The summed E-state index contributed by atoms with van der Waals surface area (Å²) in [6.45, 7) is 24.2. The first-order valence-corrected chi connectivity index (χ1v) is 13.4. The molecule has 0 N–H and O–H groups in total. The van der Waals surface area contributed by atoms with Crippen molar-refractivity contribution in [2.75, 3.05) is 39.6 Å². The van der Waals surface area contributed by atoms with Crippen LogP contribution in [0.4, 0.5) is 0 Å². The summed E-state index contributed by atoms with van der Waals surface area (Å²) in [7, 11) is 0. The van der Waals surface area contributed by atoms with Crippen LogP contribution in [0.5, 0.6) is 0 Å². The fourth-order valence-corrected chi connectivity index (χ4v) is 2.55. The van der Waals surface area contributed by atoms with Crippen LogP contribution in [0.1, 0.15) is 75.7 Å². The summed E-state index contributed by atoms with van der Waals surface area (Å²) in [6, 6.07) is 0. The van der Waals surface area contributed by atoms with E-state index in [0.717, 1.165) is 23.6 Å². The number of aliphatic imine (C=N–C) groups is 3. The minimum atomic E-state index is -0.235. The van der Waals surface area contributed by atoms with Gasteiger partial charge < -0.3 is 14.2 Å². The summed E-state index contributed by atoms with van der Waals surface area (Å²) in [5.74, 6) is 1.34. The Morgan fingerprint density at radius 3 is 1.08 bits per heavy atom. The molecule has 0 radical (unpaired) electrons. The molecule has 0 bridgehead atoms. The Kier molecular flexibility index (Phi) is 19.1. The van der Waals surface area contributed by atoms with Gasteiger partial charge in [0.25, 0.3) is 0 Å². The van der Waals surface area contributed by atoms with Gasteiger partial charge in [-0.1, -0.05) is 48.5 Å². The van der Waals surface area contributed by atoms with E-state index in [1.807, 2.05) is 57.6 Å². The van der Waals surface area contributed by atoms with Crippen molar-refractivity contribution in [3.63, 3.8) is 0 Å². The molecule has 0 unspecified atom stereocenters. The molecule has 0 amide bonds. The van der Waals surface area contributed by atoms with E-state index >= 15 is 0 Å². The first-order valence-electron chi connectivity index (χ1n) is 13.4. The zero-order valence-corrected chi connectivity index (χ0v) is 24.7. The predicted molar refractivity (Wildman–Crippen MR) is 156 cm³/mol. The van der Waals surface area contributed by atoms with Gasteiger partial charge in [0.15, 0.2) is 0 Å². The fourth-order valence-electron chi connectivity index (χ4n) is 2.55. The van der Waals surface area contributed by atoms with Crippen molar-refractivity contribution in [3.8, 4) is 0 Å². The molecule has 0 aliphatic carbocycles. The van der Waals surface area contributed by atoms with E-state index in [1.54, 1.807) is 0 Å². The second-order valence-electron chi connectivity index (χ2n) is 10.3. The maximum Gasteiger partial charge on any atom is 0.0665 e. The molecule has 6 nitrogen and oxygen atoms in total. The highest BCUT2D eigenvalue weighted by molar-refractivity contribution is 5.84. The van der Waals surface area contributed by atoms with Crippen molar-refractivity contribution in [1.82, 2.24) is 0 Å². The molecule has 0 fully saturated rings. The fraction of sp³-hybridized carbons (Fsp3) is 0.700. The Hall–Kier alpha value is -1.89. The smallest absolute Gasteiger partial charge is 0.0665 e. The summed E-state index contributed by atoms with van der Waals surface area (Å²) in [5.41, 5.74) is 3.09. The SMILES string of the molecule is CCC(COC/C=C/N=C(C)C(C)C)(COC/C=C/N=C(C)C(C)C)COC/C=C/N=C(C)C(C)C. The Morgan fingerprint density at radius 1 is 0.583 bits per heavy atom. The van der Waals surface area contributed by atoms with Crippen LogP contribution >= 0.6 is 0 Å². The highest BCUT2D eigenvalue weighted by atomic mass is 16.5. The van der Waals surface area contributed by atoms with Crippen molar-refractivity contribution in [1.29, 1.82) is 0 Å². The van der Waals surface area contributed by atoms with Gasteiger partial charge >= 0.3 is 0 Å². The lowest BCUT2D eigenvalue weighted by atomic mass is 9.88. The van der Waals surface area contributed by atoms with E-state index in [0.29, 0.717) is 57.4 Å². The zero-order valence-electron chi connectivity index (χ0n) is 24.7. The molecular formula is C30H53N3O3. The maximum atomic E-state index is 6.01. The standard InChI is InChI=1S/C30H53N3O3/c1-11-30(21-34-18-12-15-31-27(8)24(2)3,22-35-19-13-16-32-28(9)25(4)5)23-36-20-14-17-33-29(10)26(6)7/h12-17,24-26H,11,18-23H2,1-10H3/b15-12+,16-13+,17-14+,31-27?,32-28?,33-29?. The van der Waals surface area contributed by atoms with Gasteiger partial charge in [0.05, 0.1) is 39.6 Å². The van der Waals surface area contributed by atoms with Gasteiger partial charge in [-0.25, -0.2) is 0 Å². The maximum absolute atomic E-state index is 6.01. The quantitative estimate of drug-likeness (QED) is 0.137. The van der Waals surface area contributed by atoms with Crippen molar-refractivity contribution in [2.24, 2.45) is 38.1 Å². The van der Waals surface area contributed by atoms with Gasteiger partial charge in [-0.15, -0.1) is 0 Å². The molecule has 0 saturated carbocycles. The molecule has 36 heavy (non-hydrogen) atoms. The molecule has 0 saturated heterocycles. The molecule has 6 heteroatoms. The van der Waals surface area contributed by atoms with Crippen LogP contribution in [-0.4, -0.2) is 56.8 Å². The monoisotopic (exact) mass is 503 g/mol. The third-order valence-corrected chi connectivity index (χ3v) is 6.27. The molecular weight excluding hydrogens is 450 g/mol. The van der Waals surface area contributed by atoms with Gasteiger partial charge in [0.1, 0.15) is 0 Å². The Labute approximate surface area is 221 Å². The Morgan fingerprint density at radius 2 is 0.861 bits per heavy atom. The second-order valence-corrected chi connectivity index (χ2v) is 10.3. The van der Waals surface area contributed by atoms with E-state index in [-0.39, 0.29) is 5.41 Å². The van der Waals surface area contributed by atoms with Crippen molar-refractivity contribution in [3.05, 3.63) is 36.8 Å². The first-order chi connectivity index (χ1) is 17.0. The molecule has 0 aliphatic heterocycles. The van der Waals surface area contributed by atoms with Gasteiger partial charge in [-0.3, -0.25) is 15.0 Å². The normalized spacial score (nSPS) is 16.1. The molecule has 0 atom stereocenters. The van der Waals surface area contributed by atoms with Gasteiger partial charge in [-0.05, 0) is 63.2 Å². The molecule has 0 spiro atoms. The lowest BCUT2D eigenvalue weighted by Crippen LogP contribution is -2.37. The molecule has 0 aromatic carbocycles. The van der Waals surface area contributed by atoms with Crippen LogP contribution in [0.15, 0.2) is 51.8 Å². The number of rotatable bonds is 19. The topological polar surface area (TPSA) is 64.8 Å². The number of hydrogen-bond acceptors (Lipinski definition) is 6. The summed E-state index contributed by atoms with van der Waals surface area (Å²) < 4.78 is 18.0. The minimum Gasteiger partial charge on any atom is -0.377 e. The average Bonchev–Trinajstić information content (AvgIpc) is 2.84. The molecule has 206 valence electrons. The van der Waals surface area contributed by atoms with E-state index in [1.165, 1.54) is 0 Å². The average molecular weight is 504 g/mol. The predicted octanol–water partition coefficient (Wildman–Crippen LogP) is 7.32. The van der Waals surface area contributed by atoms with E-state index in [9.17, 15) is 0 Å². The Balaban J connectivity index is 4.97. The zero-order chi connectivity index (χ0) is 27.4. The molecule has 0 heterocycles. The van der Waals surface area contributed by atoms with Crippen LogP contribution in [0.2, 0.25) is 0 Å². The number of hydrogen-bond donors (Lipinski definition) is 0. The lowest BCUT2D eigenvalue weighted by molar-refractivity contribution is -0.0588. The summed E-state index contributed by atoms with van der Waals surface area (Å²) >= 11 is 0. The Bertz CT molecular complexity index is 662. The number of ether oxygens (including phenoxy) is 3. The van der Waals surface area contributed by atoms with Crippen LogP contribution in [0.25, 0.3) is 0 Å². The summed E-state index contributed by atoms with van der Waals surface area (Å²) in [4.78, 5) is 13.4. The molecule has 0 aliphatic rings.